The summed E-state index contributed by atoms with van der Waals surface area (Å²) in [6.07, 6.45) is -0.964. The van der Waals surface area contributed by atoms with E-state index in [1.165, 1.54) is 26.0 Å². The quantitative estimate of drug-likeness (QED) is 0.660. The average Bonchev–Trinajstić information content (AvgIpc) is 2.67. The van der Waals surface area contributed by atoms with E-state index >= 15 is 0 Å². The van der Waals surface area contributed by atoms with Gasteiger partial charge in [-0.15, -0.1) is 0 Å². The maximum atomic E-state index is 12.4. The van der Waals surface area contributed by atoms with E-state index in [9.17, 15) is 14.4 Å². The number of fused-ring (bicyclic) bond motifs is 1. The summed E-state index contributed by atoms with van der Waals surface area (Å²) < 4.78 is 5.24. The van der Waals surface area contributed by atoms with Crippen LogP contribution in [0, 0.1) is 0 Å². The molecule has 0 spiro atoms. The van der Waals surface area contributed by atoms with Crippen molar-refractivity contribution in [3.05, 3.63) is 72.3 Å². The van der Waals surface area contributed by atoms with Gasteiger partial charge in [-0.05, 0) is 54.1 Å². The third-order valence-electron chi connectivity index (χ3n) is 4.11. The van der Waals surface area contributed by atoms with Crippen molar-refractivity contribution in [2.45, 2.75) is 20.0 Å². The molecular weight excluding hydrogens is 356 g/mol. The lowest BCUT2D eigenvalue weighted by Crippen LogP contribution is -2.30. The maximum Gasteiger partial charge on any atom is 0.338 e. The number of benzene rings is 3. The van der Waals surface area contributed by atoms with Crippen LogP contribution >= 0.6 is 0 Å². The Hall–Kier alpha value is -3.67. The van der Waals surface area contributed by atoms with Crippen LogP contribution < -0.4 is 10.6 Å². The minimum Gasteiger partial charge on any atom is -0.449 e. The van der Waals surface area contributed by atoms with Crippen molar-refractivity contribution in [2.24, 2.45) is 0 Å². The van der Waals surface area contributed by atoms with Crippen LogP contribution in [0.4, 0.5) is 11.4 Å². The molecule has 28 heavy (non-hydrogen) atoms. The molecule has 0 aromatic heterocycles. The number of amides is 2. The van der Waals surface area contributed by atoms with Crippen LogP contribution in [-0.4, -0.2) is 23.9 Å². The molecule has 2 N–H and O–H groups in total. The molecule has 142 valence electrons. The number of carbonyl (C=O) groups is 3. The van der Waals surface area contributed by atoms with E-state index in [1.54, 1.807) is 18.2 Å². The molecule has 0 radical (unpaired) electrons. The molecule has 0 aliphatic heterocycles. The smallest absolute Gasteiger partial charge is 0.338 e. The molecule has 0 fully saturated rings. The summed E-state index contributed by atoms with van der Waals surface area (Å²) >= 11 is 0. The van der Waals surface area contributed by atoms with Gasteiger partial charge < -0.3 is 15.4 Å². The van der Waals surface area contributed by atoms with Gasteiger partial charge >= 0.3 is 5.97 Å². The van der Waals surface area contributed by atoms with Crippen LogP contribution in [0.25, 0.3) is 10.8 Å². The summed E-state index contributed by atoms with van der Waals surface area (Å²) in [4.78, 5) is 35.6. The number of nitrogens with one attached hydrogen (secondary N) is 2. The highest BCUT2D eigenvalue weighted by Gasteiger charge is 2.19. The molecular formula is C22H20N2O4. The van der Waals surface area contributed by atoms with E-state index in [-0.39, 0.29) is 5.91 Å². The second kappa shape index (κ2) is 8.35. The largest absolute Gasteiger partial charge is 0.449 e. The highest BCUT2D eigenvalue weighted by Crippen LogP contribution is 2.19. The highest BCUT2D eigenvalue weighted by molar-refractivity contribution is 5.99. The van der Waals surface area contributed by atoms with Gasteiger partial charge in [-0.25, -0.2) is 4.79 Å². The molecule has 2 amide bonds. The highest BCUT2D eigenvalue weighted by atomic mass is 16.5. The lowest BCUT2D eigenvalue weighted by Gasteiger charge is -2.14. The summed E-state index contributed by atoms with van der Waals surface area (Å²) in [6.45, 7) is 2.91. The monoisotopic (exact) mass is 376 g/mol. The Morgan fingerprint density at radius 1 is 0.821 bits per heavy atom. The van der Waals surface area contributed by atoms with Gasteiger partial charge in [0, 0.05) is 18.3 Å². The molecule has 0 saturated carbocycles. The van der Waals surface area contributed by atoms with Gasteiger partial charge in [0.05, 0.1) is 5.56 Å². The maximum absolute atomic E-state index is 12.4. The van der Waals surface area contributed by atoms with Crippen molar-refractivity contribution >= 4 is 39.9 Å². The first-order valence-electron chi connectivity index (χ1n) is 8.80. The molecule has 0 heterocycles. The number of carbonyl (C=O) groups excluding carboxylic acids is 3. The minimum absolute atomic E-state index is 0.200. The van der Waals surface area contributed by atoms with Crippen LogP contribution in [0.1, 0.15) is 24.2 Å². The van der Waals surface area contributed by atoms with Gasteiger partial charge in [-0.3, -0.25) is 9.59 Å². The van der Waals surface area contributed by atoms with E-state index in [2.05, 4.69) is 10.6 Å². The Morgan fingerprint density at radius 2 is 1.46 bits per heavy atom. The second-order valence-corrected chi connectivity index (χ2v) is 6.36. The van der Waals surface area contributed by atoms with Gasteiger partial charge in [0.15, 0.2) is 6.10 Å². The lowest BCUT2D eigenvalue weighted by molar-refractivity contribution is -0.123. The van der Waals surface area contributed by atoms with Crippen molar-refractivity contribution < 1.29 is 19.1 Å². The fraction of sp³-hybridized carbons (Fsp3) is 0.136. The Morgan fingerprint density at radius 3 is 2.14 bits per heavy atom. The molecule has 3 aromatic carbocycles. The zero-order chi connectivity index (χ0) is 20.1. The third kappa shape index (κ3) is 4.73. The van der Waals surface area contributed by atoms with Crippen molar-refractivity contribution in [1.29, 1.82) is 0 Å². The molecule has 6 nitrogen and oxygen atoms in total. The molecule has 3 rings (SSSR count). The molecule has 0 aliphatic rings. The topological polar surface area (TPSA) is 84.5 Å². The van der Waals surface area contributed by atoms with Crippen LogP contribution in [0.3, 0.4) is 0 Å². The molecule has 0 saturated heterocycles. The predicted molar refractivity (Wildman–Crippen MR) is 108 cm³/mol. The van der Waals surface area contributed by atoms with Gasteiger partial charge in [-0.2, -0.15) is 0 Å². The van der Waals surface area contributed by atoms with Crippen molar-refractivity contribution in [3.8, 4) is 0 Å². The Bertz CT molecular complexity index is 1030. The first kappa shape index (κ1) is 19.1. The van der Waals surface area contributed by atoms with Gasteiger partial charge in [0.1, 0.15) is 0 Å². The Balaban J connectivity index is 1.61. The normalized spacial score (nSPS) is 11.5. The van der Waals surface area contributed by atoms with Gasteiger partial charge in [0.25, 0.3) is 5.91 Å². The summed E-state index contributed by atoms with van der Waals surface area (Å²) in [7, 11) is 0. The number of esters is 1. The minimum atomic E-state index is -0.964. The third-order valence-corrected chi connectivity index (χ3v) is 4.11. The lowest BCUT2D eigenvalue weighted by atomic mass is 10.1. The second-order valence-electron chi connectivity index (χ2n) is 6.36. The predicted octanol–water partition coefficient (Wildman–Crippen LogP) is 3.98. The molecule has 6 heteroatoms. The van der Waals surface area contributed by atoms with Crippen molar-refractivity contribution in [2.75, 3.05) is 10.6 Å². The van der Waals surface area contributed by atoms with Crippen LogP contribution in [-0.2, 0) is 14.3 Å². The average molecular weight is 376 g/mol. The Kier molecular flexibility index (Phi) is 5.69. The first-order chi connectivity index (χ1) is 13.4. The fourth-order valence-electron chi connectivity index (χ4n) is 2.69. The molecule has 1 atom stereocenters. The summed E-state index contributed by atoms with van der Waals surface area (Å²) in [6, 6.07) is 19.6. The van der Waals surface area contributed by atoms with E-state index in [1.807, 2.05) is 36.4 Å². The summed E-state index contributed by atoms with van der Waals surface area (Å²) in [5, 5.41) is 7.45. The summed E-state index contributed by atoms with van der Waals surface area (Å²) in [5.41, 5.74) is 1.50. The molecule has 0 aliphatic carbocycles. The van der Waals surface area contributed by atoms with E-state index in [4.69, 9.17) is 4.74 Å². The van der Waals surface area contributed by atoms with E-state index in [0.29, 0.717) is 16.9 Å². The number of hydrogen-bond acceptors (Lipinski definition) is 4. The molecule has 0 bridgehead atoms. The number of hydrogen-bond donors (Lipinski definition) is 2. The molecule has 0 unspecified atom stereocenters. The summed E-state index contributed by atoms with van der Waals surface area (Å²) in [5.74, 6) is -1.23. The van der Waals surface area contributed by atoms with Gasteiger partial charge in [-0.1, -0.05) is 30.3 Å². The van der Waals surface area contributed by atoms with Crippen molar-refractivity contribution in [3.63, 3.8) is 0 Å². The number of anilines is 2. The van der Waals surface area contributed by atoms with E-state index < -0.39 is 18.0 Å². The zero-order valence-corrected chi connectivity index (χ0v) is 15.6. The SMILES string of the molecule is CC(=O)Nc1ccc(C(=O)O[C@@H](C)C(=O)Nc2ccc3ccccc3c2)cc1. The fourth-order valence-corrected chi connectivity index (χ4v) is 2.69. The van der Waals surface area contributed by atoms with Crippen LogP contribution in [0.5, 0.6) is 0 Å². The Labute approximate surface area is 162 Å². The number of rotatable bonds is 5. The molecule has 3 aromatic rings. The first-order valence-corrected chi connectivity index (χ1v) is 8.80. The van der Waals surface area contributed by atoms with Crippen molar-refractivity contribution in [1.82, 2.24) is 0 Å². The van der Waals surface area contributed by atoms with Crippen LogP contribution in [0.2, 0.25) is 0 Å². The number of ether oxygens (including phenoxy) is 1. The van der Waals surface area contributed by atoms with E-state index in [0.717, 1.165) is 10.8 Å². The standard InChI is InChI=1S/C22H20N2O4/c1-14(28-22(27)17-8-10-19(11-9-17)23-15(2)25)21(26)24-20-12-7-16-5-3-4-6-18(16)13-20/h3-14H,1-2H3,(H,23,25)(H,24,26)/t14-/m0/s1. The van der Waals surface area contributed by atoms with Gasteiger partial charge in [0.2, 0.25) is 5.91 Å². The zero-order valence-electron chi connectivity index (χ0n) is 15.6. The van der Waals surface area contributed by atoms with Crippen LogP contribution in [0.15, 0.2) is 66.7 Å².